The molecule has 0 saturated carbocycles. The maximum Gasteiger partial charge on any atom is 0.321 e. The summed E-state index contributed by atoms with van der Waals surface area (Å²) in [5, 5.41) is 19.1. The van der Waals surface area contributed by atoms with E-state index in [9.17, 15) is 30.0 Å². The van der Waals surface area contributed by atoms with E-state index in [1.807, 2.05) is 95.9 Å². The number of hydrogen-bond acceptors (Lipinski definition) is 18. The number of rotatable bonds is 11. The number of sulfonamides is 3. The standard InChI is InChI=1S/C19H22N2O4S.C18H20N2O4S.C16H23N3O2.C15H18N2O3S2/c22-26(23,21-13-10-19(11-14-21)20-12-15-24-19)18-8-6-17(7-9-18)25-16-4-2-1-3-5-16;1-23-14-6-8-15(9-7-14)25(21,22)20-12-10-18(19-11-13-24-18)16-4-2-3-5-17(16)20;1-2-13-3-5-14(6-4-13)18-15(20)19-10-7-16(8-11-19)17-9-12-21-16;18-22(19,14-11-21-13-4-2-1-3-12(13)14)17-8-5-15(6-9-17)16-7-10-20-15/h1-9,20H,10-15H2;2-9,19H,10-13H2,1H3;3-6,17H,2,7-12H2,1H3,(H,18,20);1-4,11,16H,5-10H2. The fraction of sp³-hybridized carbons (Fsp3) is 0.426. The second kappa shape index (κ2) is 29.0. The number of amides is 2. The van der Waals surface area contributed by atoms with Gasteiger partial charge in [0.05, 0.1) is 49.0 Å². The molecule has 2 amide bonds. The molecule has 1 aromatic heterocycles. The van der Waals surface area contributed by atoms with Gasteiger partial charge in [0.2, 0.25) is 20.0 Å². The van der Waals surface area contributed by atoms with E-state index < -0.39 is 35.8 Å². The molecule has 502 valence electrons. The maximum absolute atomic E-state index is 13.2. The smallest absolute Gasteiger partial charge is 0.321 e. The summed E-state index contributed by atoms with van der Waals surface area (Å²) in [7, 11) is -9.03. The van der Waals surface area contributed by atoms with Crippen molar-refractivity contribution in [3.8, 4) is 17.2 Å². The van der Waals surface area contributed by atoms with Crippen LogP contribution in [0.1, 0.15) is 63.0 Å². The minimum Gasteiger partial charge on any atom is -0.497 e. The summed E-state index contributed by atoms with van der Waals surface area (Å²) < 4.78 is 118. The van der Waals surface area contributed by atoms with Crippen LogP contribution >= 0.6 is 11.3 Å². The fourth-order valence-corrected chi connectivity index (χ4v) is 19.1. The second-order valence-corrected chi connectivity index (χ2v) is 30.8. The molecule has 8 aliphatic heterocycles. The van der Waals surface area contributed by atoms with Gasteiger partial charge in [0.15, 0.2) is 0 Å². The molecule has 7 aromatic rings. The van der Waals surface area contributed by atoms with Crippen molar-refractivity contribution in [2.75, 3.05) is 115 Å². The monoisotopic (exact) mass is 1360 g/mol. The quantitative estimate of drug-likeness (QED) is 0.0811. The van der Waals surface area contributed by atoms with Crippen LogP contribution in [0.3, 0.4) is 0 Å². The Morgan fingerprint density at radius 3 is 1.57 bits per heavy atom. The Hall–Kier alpha value is -6.60. The zero-order valence-corrected chi connectivity index (χ0v) is 56.3. The summed E-state index contributed by atoms with van der Waals surface area (Å²) in [4.78, 5) is 15.1. The van der Waals surface area contributed by atoms with E-state index in [2.05, 4.69) is 45.6 Å². The average molecular weight is 1360 g/mol. The number of benzene rings is 6. The van der Waals surface area contributed by atoms with Crippen LogP contribution in [-0.4, -0.2) is 167 Å². The minimum atomic E-state index is -3.65. The number of urea groups is 1. The molecule has 4 spiro atoms. The number of aryl methyl sites for hydroxylation is 1. The number of nitrogens with one attached hydrogen (secondary N) is 5. The van der Waals surface area contributed by atoms with Gasteiger partial charge in [-0.1, -0.05) is 73.7 Å². The number of methoxy groups -OCH3 is 1. The number of carbonyl (C=O) groups excluding carboxylic acids is 1. The van der Waals surface area contributed by atoms with Gasteiger partial charge in [-0.15, -0.1) is 11.3 Å². The molecule has 1 unspecified atom stereocenters. The van der Waals surface area contributed by atoms with Crippen LogP contribution in [0.15, 0.2) is 172 Å². The lowest BCUT2D eigenvalue weighted by atomic mass is 9.94. The van der Waals surface area contributed by atoms with E-state index >= 15 is 0 Å². The van der Waals surface area contributed by atoms with Gasteiger partial charge in [0.1, 0.15) is 45.0 Å². The molecular formula is C68H83N9O13S4. The molecule has 15 rings (SSSR count). The van der Waals surface area contributed by atoms with Crippen molar-refractivity contribution >= 4 is 68.9 Å². The number of ether oxygens (including phenoxy) is 6. The van der Waals surface area contributed by atoms with E-state index in [0.29, 0.717) is 112 Å². The SMILES string of the molecule is CCc1ccc(NC(=O)N2CCC3(CC2)NCCO3)cc1.COc1ccc(S(=O)(=O)N2CCC3(NCCO3)c3ccccc32)cc1.O=S(=O)(c1ccc(Oc2ccccc2)cc1)N1CCC2(CC1)NCCO2.O=S(=O)(c1csc2ccccc12)N1CCC2(CC1)NCCO2. The lowest BCUT2D eigenvalue weighted by Crippen LogP contribution is -2.53. The molecule has 94 heavy (non-hydrogen) atoms. The first-order valence-corrected chi connectivity index (χ1v) is 37.4. The summed E-state index contributed by atoms with van der Waals surface area (Å²) in [6.45, 7) is 12.0. The Labute approximate surface area is 555 Å². The van der Waals surface area contributed by atoms with Crippen molar-refractivity contribution in [1.29, 1.82) is 0 Å². The van der Waals surface area contributed by atoms with Crippen LogP contribution < -0.4 is 40.4 Å². The zero-order chi connectivity index (χ0) is 65.4. The molecule has 7 saturated heterocycles. The molecular weight excluding hydrogens is 1280 g/mol. The van der Waals surface area contributed by atoms with Crippen molar-refractivity contribution in [2.24, 2.45) is 0 Å². The number of piperidine rings is 3. The highest BCUT2D eigenvalue weighted by molar-refractivity contribution is 7.93. The predicted molar refractivity (Wildman–Crippen MR) is 361 cm³/mol. The predicted octanol–water partition coefficient (Wildman–Crippen LogP) is 8.84. The number of carbonyl (C=O) groups is 1. The third kappa shape index (κ3) is 14.8. The van der Waals surface area contributed by atoms with Crippen LogP contribution in [0.2, 0.25) is 0 Å². The Bertz CT molecular complexity index is 4020. The van der Waals surface area contributed by atoms with Crippen LogP contribution in [0.25, 0.3) is 10.1 Å². The number of para-hydroxylation sites is 2. The second-order valence-electron chi connectivity index (χ2n) is 24.2. The van der Waals surface area contributed by atoms with E-state index in [-0.39, 0.29) is 33.0 Å². The van der Waals surface area contributed by atoms with Gasteiger partial charge in [0.25, 0.3) is 10.0 Å². The first-order chi connectivity index (χ1) is 45.5. The Kier molecular flexibility index (Phi) is 20.8. The number of nitrogens with zero attached hydrogens (tertiary/aromatic N) is 4. The largest absolute Gasteiger partial charge is 0.497 e. The van der Waals surface area contributed by atoms with Crippen molar-refractivity contribution < 1.29 is 58.5 Å². The van der Waals surface area contributed by atoms with Gasteiger partial charge in [-0.05, 0) is 96.9 Å². The molecule has 5 N–H and O–H groups in total. The molecule has 9 heterocycles. The lowest BCUT2D eigenvalue weighted by Gasteiger charge is -2.40. The lowest BCUT2D eigenvalue weighted by molar-refractivity contribution is -0.0487. The molecule has 1 atom stereocenters. The molecule has 26 heteroatoms. The summed E-state index contributed by atoms with van der Waals surface area (Å²) in [5.41, 5.74) is 2.27. The fourth-order valence-electron chi connectivity index (χ4n) is 13.2. The van der Waals surface area contributed by atoms with Gasteiger partial charge in [-0.25, -0.2) is 30.0 Å². The van der Waals surface area contributed by atoms with Crippen molar-refractivity contribution in [3.05, 3.63) is 168 Å². The Morgan fingerprint density at radius 2 is 1.02 bits per heavy atom. The Balaban J connectivity index is 0.000000121. The van der Waals surface area contributed by atoms with Gasteiger partial charge < -0.3 is 38.6 Å². The number of hydrogen-bond donors (Lipinski definition) is 5. The van der Waals surface area contributed by atoms with Crippen LogP contribution in [0.5, 0.6) is 17.2 Å². The van der Waals surface area contributed by atoms with Crippen LogP contribution in [-0.2, 0) is 61.2 Å². The summed E-state index contributed by atoms with van der Waals surface area (Å²) in [5.74, 6) is 1.95. The third-order valence-corrected chi connectivity index (χ3v) is 25.4. The minimum absolute atomic E-state index is 0.0212. The number of anilines is 2. The number of likely N-dealkylation sites (tertiary alicyclic amines) is 1. The molecule has 7 fully saturated rings. The zero-order valence-electron chi connectivity index (χ0n) is 53.0. The Morgan fingerprint density at radius 1 is 0.521 bits per heavy atom. The van der Waals surface area contributed by atoms with E-state index in [1.165, 1.54) is 25.5 Å². The topological polar surface area (TPSA) is 248 Å². The highest BCUT2D eigenvalue weighted by Crippen LogP contribution is 2.43. The highest BCUT2D eigenvalue weighted by Gasteiger charge is 2.47. The van der Waals surface area contributed by atoms with Gasteiger partial charge in [-0.2, -0.15) is 8.61 Å². The van der Waals surface area contributed by atoms with E-state index in [1.54, 1.807) is 65.3 Å². The highest BCUT2D eigenvalue weighted by atomic mass is 32.2. The molecule has 22 nitrogen and oxygen atoms in total. The van der Waals surface area contributed by atoms with Crippen molar-refractivity contribution in [1.82, 2.24) is 34.8 Å². The first kappa shape index (κ1) is 67.4. The number of fused-ring (bicyclic) bond motifs is 3. The van der Waals surface area contributed by atoms with Crippen LogP contribution in [0, 0.1) is 0 Å². The van der Waals surface area contributed by atoms with Crippen molar-refractivity contribution in [3.63, 3.8) is 0 Å². The van der Waals surface area contributed by atoms with E-state index in [4.69, 9.17) is 28.4 Å². The average Bonchev–Trinajstić information content (AvgIpc) is 1.25. The van der Waals surface area contributed by atoms with Gasteiger partial charge in [0, 0.05) is 144 Å². The molecule has 0 aliphatic carbocycles. The summed E-state index contributed by atoms with van der Waals surface area (Å²) in [6, 6.07) is 45.6. The molecule has 0 bridgehead atoms. The maximum atomic E-state index is 13.2. The van der Waals surface area contributed by atoms with Gasteiger partial charge in [-0.3, -0.25) is 25.6 Å². The normalized spacial score (nSPS) is 21.6. The van der Waals surface area contributed by atoms with E-state index in [0.717, 1.165) is 86.5 Å². The summed E-state index contributed by atoms with van der Waals surface area (Å²) >= 11 is 1.48. The molecule has 0 radical (unpaired) electrons. The molecule has 6 aromatic carbocycles. The number of thiophene rings is 1. The first-order valence-electron chi connectivity index (χ1n) is 32.2. The third-order valence-electron chi connectivity index (χ3n) is 18.6. The van der Waals surface area contributed by atoms with Crippen molar-refractivity contribution in [2.45, 2.75) is 95.9 Å². The van der Waals surface area contributed by atoms with Gasteiger partial charge >= 0.3 is 6.03 Å². The summed E-state index contributed by atoms with van der Waals surface area (Å²) in [6.07, 6.45) is 6.03. The van der Waals surface area contributed by atoms with Crippen LogP contribution in [0.4, 0.5) is 16.2 Å². The molecule has 8 aliphatic rings.